The highest BCUT2D eigenvalue weighted by Gasteiger charge is 2.23. The Morgan fingerprint density at radius 3 is 2.80 bits per heavy atom. The number of carbonyl (C=O) groups is 1. The molecular formula is C16H22N2OS. The molecule has 2 heterocycles. The monoisotopic (exact) mass is 290 g/mol. The van der Waals surface area contributed by atoms with Crippen molar-refractivity contribution in [1.29, 1.82) is 0 Å². The number of amides is 1. The molecule has 2 aliphatic rings. The fourth-order valence-corrected chi connectivity index (χ4v) is 3.74. The van der Waals surface area contributed by atoms with Crippen LogP contribution in [-0.4, -0.2) is 41.9 Å². The summed E-state index contributed by atoms with van der Waals surface area (Å²) < 4.78 is 0. The Hall–Kier alpha value is -1.13. The smallest absolute Gasteiger partial charge is 0.223 e. The molecule has 1 aromatic heterocycles. The van der Waals surface area contributed by atoms with Gasteiger partial charge in [-0.25, -0.2) is 0 Å². The fourth-order valence-electron chi connectivity index (χ4n) is 3.00. The van der Waals surface area contributed by atoms with Gasteiger partial charge in [-0.3, -0.25) is 9.69 Å². The fraction of sp³-hybridized carbons (Fsp3) is 0.562. The lowest BCUT2D eigenvalue weighted by atomic mass is 10.0. The van der Waals surface area contributed by atoms with E-state index in [4.69, 9.17) is 0 Å². The Kier molecular flexibility index (Phi) is 4.53. The average Bonchev–Trinajstić information content (AvgIpc) is 3.13. The van der Waals surface area contributed by atoms with Gasteiger partial charge in [0.2, 0.25) is 5.91 Å². The van der Waals surface area contributed by atoms with Crippen LogP contribution in [0.15, 0.2) is 29.7 Å². The minimum atomic E-state index is 0.345. The molecule has 4 heteroatoms. The molecule has 1 aromatic rings. The third-order valence-electron chi connectivity index (χ3n) is 4.23. The Balaban J connectivity index is 1.43. The first-order valence-electron chi connectivity index (χ1n) is 7.50. The number of allylic oxidation sites excluding steroid dienone is 2. The van der Waals surface area contributed by atoms with Crippen molar-refractivity contribution < 1.29 is 4.79 Å². The van der Waals surface area contributed by atoms with Gasteiger partial charge in [-0.2, -0.15) is 0 Å². The second-order valence-electron chi connectivity index (χ2n) is 5.71. The van der Waals surface area contributed by atoms with Gasteiger partial charge in [-0.15, -0.1) is 11.3 Å². The van der Waals surface area contributed by atoms with E-state index in [2.05, 4.69) is 39.5 Å². The summed E-state index contributed by atoms with van der Waals surface area (Å²) in [6.07, 6.45) is 7.43. The number of piperazine rings is 1. The highest BCUT2D eigenvalue weighted by molar-refractivity contribution is 7.09. The number of thiophene rings is 1. The van der Waals surface area contributed by atoms with Crippen LogP contribution in [0.4, 0.5) is 0 Å². The molecule has 1 unspecified atom stereocenters. The minimum Gasteiger partial charge on any atom is -0.340 e. The normalized spacial score (nSPS) is 23.4. The van der Waals surface area contributed by atoms with E-state index in [9.17, 15) is 4.79 Å². The molecule has 1 fully saturated rings. The van der Waals surface area contributed by atoms with Crippen LogP contribution in [0.3, 0.4) is 0 Å². The lowest BCUT2D eigenvalue weighted by molar-refractivity contribution is -0.133. The van der Waals surface area contributed by atoms with Crippen LogP contribution in [0.25, 0.3) is 0 Å². The predicted octanol–water partition coefficient (Wildman–Crippen LogP) is 2.75. The summed E-state index contributed by atoms with van der Waals surface area (Å²) in [6.45, 7) is 4.82. The molecule has 0 bridgehead atoms. The summed E-state index contributed by atoms with van der Waals surface area (Å²) >= 11 is 1.82. The Morgan fingerprint density at radius 2 is 2.15 bits per heavy atom. The molecule has 0 radical (unpaired) electrons. The summed E-state index contributed by atoms with van der Waals surface area (Å²) in [6, 6.07) is 4.30. The van der Waals surface area contributed by atoms with E-state index in [-0.39, 0.29) is 0 Å². The molecule has 1 saturated heterocycles. The number of hydrogen-bond donors (Lipinski definition) is 0. The van der Waals surface area contributed by atoms with Gasteiger partial charge in [0, 0.05) is 44.0 Å². The molecule has 0 aromatic carbocycles. The summed E-state index contributed by atoms with van der Waals surface area (Å²) in [4.78, 5) is 18.2. The number of hydrogen-bond acceptors (Lipinski definition) is 3. The van der Waals surface area contributed by atoms with E-state index < -0.39 is 0 Å². The number of nitrogens with zero attached hydrogens (tertiary/aromatic N) is 2. The molecule has 1 atom stereocenters. The lowest BCUT2D eigenvalue weighted by Crippen LogP contribution is -2.48. The zero-order chi connectivity index (χ0) is 13.8. The zero-order valence-corrected chi connectivity index (χ0v) is 12.6. The SMILES string of the molecule is O=C(CC1C=CCC1)N1CCN(Cc2cccs2)CC1. The van der Waals surface area contributed by atoms with E-state index >= 15 is 0 Å². The van der Waals surface area contributed by atoms with Crippen LogP contribution in [0.1, 0.15) is 24.1 Å². The van der Waals surface area contributed by atoms with E-state index in [1.54, 1.807) is 0 Å². The topological polar surface area (TPSA) is 23.6 Å². The zero-order valence-electron chi connectivity index (χ0n) is 11.8. The molecule has 0 N–H and O–H groups in total. The molecular weight excluding hydrogens is 268 g/mol. The van der Waals surface area contributed by atoms with Crippen molar-refractivity contribution >= 4 is 17.2 Å². The van der Waals surface area contributed by atoms with Gasteiger partial charge in [0.15, 0.2) is 0 Å². The third-order valence-corrected chi connectivity index (χ3v) is 5.09. The molecule has 1 amide bonds. The van der Waals surface area contributed by atoms with Crippen LogP contribution < -0.4 is 0 Å². The Bertz CT molecular complexity index is 461. The van der Waals surface area contributed by atoms with Crippen molar-refractivity contribution in [3.63, 3.8) is 0 Å². The van der Waals surface area contributed by atoms with Crippen LogP contribution in [0.5, 0.6) is 0 Å². The van der Waals surface area contributed by atoms with Crippen molar-refractivity contribution in [3.8, 4) is 0 Å². The maximum Gasteiger partial charge on any atom is 0.223 e. The third kappa shape index (κ3) is 3.49. The van der Waals surface area contributed by atoms with Crippen molar-refractivity contribution in [2.45, 2.75) is 25.8 Å². The molecule has 0 saturated carbocycles. The van der Waals surface area contributed by atoms with Gasteiger partial charge >= 0.3 is 0 Å². The molecule has 108 valence electrons. The van der Waals surface area contributed by atoms with Crippen molar-refractivity contribution in [3.05, 3.63) is 34.5 Å². The maximum atomic E-state index is 12.3. The number of carbonyl (C=O) groups excluding carboxylic acids is 1. The van der Waals surface area contributed by atoms with E-state index in [1.807, 2.05) is 11.3 Å². The van der Waals surface area contributed by atoms with E-state index in [0.29, 0.717) is 18.2 Å². The molecule has 1 aliphatic heterocycles. The van der Waals surface area contributed by atoms with Gasteiger partial charge in [0.25, 0.3) is 0 Å². The summed E-state index contributed by atoms with van der Waals surface area (Å²) in [5.74, 6) is 0.837. The Labute approximate surface area is 124 Å². The second-order valence-corrected chi connectivity index (χ2v) is 6.74. The first kappa shape index (κ1) is 13.8. The van der Waals surface area contributed by atoms with Crippen LogP contribution in [0.2, 0.25) is 0 Å². The van der Waals surface area contributed by atoms with Crippen molar-refractivity contribution in [2.75, 3.05) is 26.2 Å². The maximum absolute atomic E-state index is 12.3. The Morgan fingerprint density at radius 1 is 1.30 bits per heavy atom. The average molecular weight is 290 g/mol. The van der Waals surface area contributed by atoms with Gasteiger partial charge in [-0.1, -0.05) is 18.2 Å². The molecule has 0 spiro atoms. The first-order chi connectivity index (χ1) is 9.81. The van der Waals surface area contributed by atoms with Gasteiger partial charge in [0.05, 0.1) is 0 Å². The molecule has 3 nitrogen and oxygen atoms in total. The van der Waals surface area contributed by atoms with Crippen molar-refractivity contribution in [2.24, 2.45) is 5.92 Å². The molecule has 1 aliphatic carbocycles. The molecule has 20 heavy (non-hydrogen) atoms. The summed E-state index contributed by atoms with van der Waals surface area (Å²) in [7, 11) is 0. The van der Waals surface area contributed by atoms with Gasteiger partial charge < -0.3 is 4.90 Å². The first-order valence-corrected chi connectivity index (χ1v) is 8.38. The van der Waals surface area contributed by atoms with Crippen molar-refractivity contribution in [1.82, 2.24) is 9.80 Å². The van der Waals surface area contributed by atoms with E-state index in [1.165, 1.54) is 4.88 Å². The highest BCUT2D eigenvalue weighted by atomic mass is 32.1. The quantitative estimate of drug-likeness (QED) is 0.796. The minimum absolute atomic E-state index is 0.345. The number of rotatable bonds is 4. The van der Waals surface area contributed by atoms with Crippen LogP contribution in [0, 0.1) is 5.92 Å². The summed E-state index contributed by atoms with van der Waals surface area (Å²) in [5.41, 5.74) is 0. The summed E-state index contributed by atoms with van der Waals surface area (Å²) in [5, 5.41) is 2.13. The lowest BCUT2D eigenvalue weighted by Gasteiger charge is -2.35. The van der Waals surface area contributed by atoms with Crippen LogP contribution >= 0.6 is 11.3 Å². The van der Waals surface area contributed by atoms with E-state index in [0.717, 1.165) is 45.6 Å². The van der Waals surface area contributed by atoms with Crippen LogP contribution in [-0.2, 0) is 11.3 Å². The van der Waals surface area contributed by atoms with Gasteiger partial charge in [0.1, 0.15) is 0 Å². The second kappa shape index (κ2) is 6.55. The van der Waals surface area contributed by atoms with Gasteiger partial charge in [-0.05, 0) is 30.2 Å². The molecule has 3 rings (SSSR count). The largest absolute Gasteiger partial charge is 0.340 e. The predicted molar refractivity (Wildman–Crippen MR) is 82.7 cm³/mol. The standard InChI is InChI=1S/C16H22N2OS/c19-16(12-14-4-1-2-5-14)18-9-7-17(8-10-18)13-15-6-3-11-20-15/h1,3-4,6,11,14H,2,5,7-10,12-13H2. The highest BCUT2D eigenvalue weighted by Crippen LogP contribution is 2.22.